The van der Waals surface area contributed by atoms with Gasteiger partial charge >= 0.3 is 0 Å². The maximum Gasteiger partial charge on any atom is 0.238 e. The first kappa shape index (κ1) is 20.5. The lowest BCUT2D eigenvalue weighted by Crippen LogP contribution is -2.43. The third kappa shape index (κ3) is 6.79. The van der Waals surface area contributed by atoms with Crippen LogP contribution in [-0.4, -0.2) is 16.8 Å². The van der Waals surface area contributed by atoms with Crippen LogP contribution in [0.15, 0.2) is 48.5 Å². The molecule has 2 aromatic carbocycles. The maximum atomic E-state index is 13.5. The molecule has 0 spiro atoms. The van der Waals surface area contributed by atoms with Crippen molar-refractivity contribution in [1.29, 1.82) is 0 Å². The van der Waals surface area contributed by atoms with E-state index >= 15 is 0 Å². The monoisotopic (exact) mass is 387 g/mol. The second kappa shape index (κ2) is 10.4. The fraction of sp³-hybridized carbons (Fsp3) is 0.250. The highest BCUT2D eigenvalue weighted by molar-refractivity contribution is 7.80. The van der Waals surface area contributed by atoms with E-state index in [1.54, 1.807) is 24.3 Å². The molecule has 0 saturated heterocycles. The van der Waals surface area contributed by atoms with E-state index in [0.29, 0.717) is 5.56 Å². The van der Waals surface area contributed by atoms with Gasteiger partial charge in [-0.05, 0) is 36.3 Å². The molecule has 142 valence electrons. The summed E-state index contributed by atoms with van der Waals surface area (Å²) in [5.41, 5.74) is 6.85. The highest BCUT2D eigenvalue weighted by Crippen LogP contribution is 2.12. The molecule has 0 aromatic heterocycles. The van der Waals surface area contributed by atoms with Gasteiger partial charge in [-0.25, -0.2) is 4.39 Å². The summed E-state index contributed by atoms with van der Waals surface area (Å²) in [5.74, 6) is -0.938. The smallest absolute Gasteiger partial charge is 0.238 e. The third-order valence-corrected chi connectivity index (χ3v) is 4.04. The standard InChI is InChI=1S/C20H22FN3O2S/c1-2-5-14-8-10-15(11-9-14)18(25)12-13-19(26)23-24-20(27)22-17-7-4-3-6-16(17)21/h3-4,6-11H,2,5,12-13H2,1H3,(H,23,26)(H2,22,24,27). The average molecular weight is 387 g/mol. The number of Topliss-reactive ketones (excluding diaryl/α,β-unsaturated/α-hetero) is 1. The number of ketones is 1. The molecule has 27 heavy (non-hydrogen) atoms. The van der Waals surface area contributed by atoms with Crippen LogP contribution in [0.5, 0.6) is 0 Å². The zero-order chi connectivity index (χ0) is 19.6. The van der Waals surface area contributed by atoms with Crippen molar-refractivity contribution < 1.29 is 14.0 Å². The number of anilines is 1. The van der Waals surface area contributed by atoms with E-state index in [9.17, 15) is 14.0 Å². The van der Waals surface area contributed by atoms with Crippen LogP contribution in [0.4, 0.5) is 10.1 Å². The highest BCUT2D eigenvalue weighted by Gasteiger charge is 2.10. The Balaban J connectivity index is 1.73. The Labute approximate surface area is 163 Å². The van der Waals surface area contributed by atoms with Gasteiger partial charge in [-0.15, -0.1) is 0 Å². The van der Waals surface area contributed by atoms with E-state index in [1.165, 1.54) is 17.7 Å². The number of halogens is 1. The largest absolute Gasteiger partial charge is 0.329 e. The van der Waals surface area contributed by atoms with E-state index in [2.05, 4.69) is 23.1 Å². The van der Waals surface area contributed by atoms with Crippen LogP contribution in [-0.2, 0) is 11.2 Å². The lowest BCUT2D eigenvalue weighted by molar-refractivity contribution is -0.121. The number of nitrogens with one attached hydrogen (secondary N) is 3. The van der Waals surface area contributed by atoms with Crippen LogP contribution in [0, 0.1) is 5.82 Å². The summed E-state index contributed by atoms with van der Waals surface area (Å²) >= 11 is 4.99. The van der Waals surface area contributed by atoms with Crippen molar-refractivity contribution in [2.45, 2.75) is 32.6 Å². The van der Waals surface area contributed by atoms with Crippen molar-refractivity contribution in [2.24, 2.45) is 0 Å². The molecule has 2 rings (SSSR count). The number of thiocarbonyl (C=S) groups is 1. The fourth-order valence-corrected chi connectivity index (χ4v) is 2.58. The molecule has 0 radical (unpaired) electrons. The lowest BCUT2D eigenvalue weighted by atomic mass is 10.0. The molecular formula is C20H22FN3O2S. The van der Waals surface area contributed by atoms with Crippen LogP contribution < -0.4 is 16.2 Å². The molecule has 0 saturated carbocycles. The summed E-state index contributed by atoms with van der Waals surface area (Å²) in [6.45, 7) is 2.10. The summed E-state index contributed by atoms with van der Waals surface area (Å²) in [7, 11) is 0. The minimum atomic E-state index is -0.455. The normalized spacial score (nSPS) is 10.1. The molecule has 0 unspecified atom stereocenters. The Morgan fingerprint density at radius 3 is 2.37 bits per heavy atom. The Bertz CT molecular complexity index is 809. The van der Waals surface area contributed by atoms with Crippen molar-refractivity contribution in [3.8, 4) is 0 Å². The van der Waals surface area contributed by atoms with Crippen molar-refractivity contribution >= 4 is 34.7 Å². The van der Waals surface area contributed by atoms with Crippen LogP contribution in [0.1, 0.15) is 42.1 Å². The van der Waals surface area contributed by atoms with Gasteiger partial charge in [0.05, 0.1) is 5.69 Å². The molecule has 1 amide bonds. The zero-order valence-electron chi connectivity index (χ0n) is 15.0. The van der Waals surface area contributed by atoms with Gasteiger partial charge in [0, 0.05) is 18.4 Å². The first-order valence-electron chi connectivity index (χ1n) is 8.72. The Morgan fingerprint density at radius 1 is 1.00 bits per heavy atom. The molecule has 7 heteroatoms. The SMILES string of the molecule is CCCc1ccc(C(=O)CCC(=O)NNC(=S)Nc2ccccc2F)cc1. The van der Waals surface area contributed by atoms with Crippen molar-refractivity contribution in [1.82, 2.24) is 10.9 Å². The molecule has 5 nitrogen and oxygen atoms in total. The van der Waals surface area contributed by atoms with Crippen LogP contribution in [0.2, 0.25) is 0 Å². The minimum Gasteiger partial charge on any atom is -0.329 e. The number of rotatable bonds is 7. The predicted octanol–water partition coefficient (Wildman–Crippen LogP) is 3.76. The first-order chi connectivity index (χ1) is 13.0. The van der Waals surface area contributed by atoms with E-state index in [-0.39, 0.29) is 35.3 Å². The Kier molecular flexibility index (Phi) is 7.88. The van der Waals surface area contributed by atoms with Crippen molar-refractivity contribution in [3.63, 3.8) is 0 Å². The van der Waals surface area contributed by atoms with Gasteiger partial charge in [-0.2, -0.15) is 0 Å². The molecule has 0 aliphatic carbocycles. The number of para-hydroxylation sites is 1. The molecule has 0 aliphatic heterocycles. The number of hydrogen-bond donors (Lipinski definition) is 3. The van der Waals surface area contributed by atoms with E-state index < -0.39 is 5.82 Å². The van der Waals surface area contributed by atoms with Gasteiger partial charge < -0.3 is 5.32 Å². The summed E-state index contributed by atoms with van der Waals surface area (Å²) in [6.07, 6.45) is 2.14. The zero-order valence-corrected chi connectivity index (χ0v) is 15.9. The van der Waals surface area contributed by atoms with E-state index in [1.807, 2.05) is 12.1 Å². The number of carbonyl (C=O) groups excluding carboxylic acids is 2. The Hall–Kier alpha value is -2.80. The highest BCUT2D eigenvalue weighted by atomic mass is 32.1. The van der Waals surface area contributed by atoms with Gasteiger partial charge in [0.2, 0.25) is 5.91 Å². The lowest BCUT2D eigenvalue weighted by Gasteiger charge is -2.12. The van der Waals surface area contributed by atoms with Gasteiger partial charge in [-0.1, -0.05) is 49.7 Å². The summed E-state index contributed by atoms with van der Waals surface area (Å²) in [5, 5.41) is 2.68. The minimum absolute atomic E-state index is 0.0187. The van der Waals surface area contributed by atoms with Crippen LogP contribution in [0.25, 0.3) is 0 Å². The number of amides is 1. The topological polar surface area (TPSA) is 70.2 Å². The summed E-state index contributed by atoms with van der Waals surface area (Å²) in [4.78, 5) is 24.0. The first-order valence-corrected chi connectivity index (χ1v) is 9.13. The number of carbonyl (C=O) groups is 2. The fourth-order valence-electron chi connectivity index (χ4n) is 2.42. The van der Waals surface area contributed by atoms with Gasteiger partial charge in [0.1, 0.15) is 5.82 Å². The molecule has 0 heterocycles. The van der Waals surface area contributed by atoms with Crippen molar-refractivity contribution in [2.75, 3.05) is 5.32 Å². The van der Waals surface area contributed by atoms with Gasteiger partial charge in [0.25, 0.3) is 0 Å². The predicted molar refractivity (Wildman–Crippen MR) is 108 cm³/mol. The quantitative estimate of drug-likeness (QED) is 0.383. The average Bonchev–Trinajstić information content (AvgIpc) is 2.67. The van der Waals surface area contributed by atoms with E-state index in [0.717, 1.165) is 12.8 Å². The van der Waals surface area contributed by atoms with Crippen molar-refractivity contribution in [3.05, 3.63) is 65.5 Å². The van der Waals surface area contributed by atoms with Crippen LogP contribution >= 0.6 is 12.2 Å². The molecule has 2 aromatic rings. The molecule has 0 bridgehead atoms. The van der Waals surface area contributed by atoms with Crippen LogP contribution in [0.3, 0.4) is 0 Å². The second-order valence-corrected chi connectivity index (χ2v) is 6.39. The summed E-state index contributed by atoms with van der Waals surface area (Å²) in [6, 6.07) is 13.5. The number of benzene rings is 2. The molecule has 3 N–H and O–H groups in total. The third-order valence-electron chi connectivity index (χ3n) is 3.83. The number of aryl methyl sites for hydroxylation is 1. The molecule has 0 atom stereocenters. The second-order valence-electron chi connectivity index (χ2n) is 5.98. The number of hydrogen-bond acceptors (Lipinski definition) is 3. The molecular weight excluding hydrogens is 365 g/mol. The summed E-state index contributed by atoms with van der Waals surface area (Å²) < 4.78 is 13.5. The van der Waals surface area contributed by atoms with Gasteiger partial charge in [-0.3, -0.25) is 20.4 Å². The molecule has 0 aliphatic rings. The number of hydrazine groups is 1. The van der Waals surface area contributed by atoms with Gasteiger partial charge in [0.15, 0.2) is 10.9 Å². The maximum absolute atomic E-state index is 13.5. The molecule has 0 fully saturated rings. The Morgan fingerprint density at radius 2 is 1.70 bits per heavy atom. The van der Waals surface area contributed by atoms with E-state index in [4.69, 9.17) is 12.2 Å².